The number of alkyl halides is 1. The summed E-state index contributed by atoms with van der Waals surface area (Å²) in [5.41, 5.74) is 0. The van der Waals surface area contributed by atoms with E-state index in [4.69, 9.17) is 0 Å². The van der Waals surface area contributed by atoms with Gasteiger partial charge in [-0.1, -0.05) is 90.4 Å². The van der Waals surface area contributed by atoms with Crippen molar-refractivity contribution < 1.29 is 4.39 Å². The van der Waals surface area contributed by atoms with E-state index in [-0.39, 0.29) is 0 Å². The molecule has 2 fully saturated rings. The number of unbranched alkanes of at least 4 members (excludes halogenated alkanes) is 2. The highest BCUT2D eigenvalue weighted by Gasteiger charge is 2.23. The van der Waals surface area contributed by atoms with Gasteiger partial charge in [0.1, 0.15) is 6.17 Å². The van der Waals surface area contributed by atoms with E-state index in [0.717, 1.165) is 31.1 Å². The fourth-order valence-electron chi connectivity index (χ4n) is 4.81. The van der Waals surface area contributed by atoms with Gasteiger partial charge >= 0.3 is 0 Å². The first-order valence-corrected chi connectivity index (χ1v) is 10.4. The predicted molar refractivity (Wildman–Crippen MR) is 94.9 cm³/mol. The standard InChI is InChI=1S/C21H39F/c1-2-3-5-8-18-11-13-19(14-12-18)15-16-21(22)17-20-9-6-4-7-10-20/h18-21H,2-17H2,1H3. The molecule has 2 aliphatic rings. The second-order valence-corrected chi connectivity index (χ2v) is 8.30. The number of hydrogen-bond donors (Lipinski definition) is 0. The summed E-state index contributed by atoms with van der Waals surface area (Å²) in [5, 5.41) is 0. The van der Waals surface area contributed by atoms with E-state index in [2.05, 4.69) is 6.92 Å². The molecule has 22 heavy (non-hydrogen) atoms. The van der Waals surface area contributed by atoms with Gasteiger partial charge in [-0.3, -0.25) is 0 Å². The van der Waals surface area contributed by atoms with E-state index < -0.39 is 6.17 Å². The summed E-state index contributed by atoms with van der Waals surface area (Å²) in [5.74, 6) is 2.54. The van der Waals surface area contributed by atoms with Crippen molar-refractivity contribution in [2.75, 3.05) is 0 Å². The Kier molecular flexibility index (Phi) is 8.85. The smallest absolute Gasteiger partial charge is 0.100 e. The van der Waals surface area contributed by atoms with Crippen LogP contribution in [0, 0.1) is 17.8 Å². The van der Waals surface area contributed by atoms with Gasteiger partial charge in [0.15, 0.2) is 0 Å². The van der Waals surface area contributed by atoms with Crippen LogP contribution in [0.3, 0.4) is 0 Å². The SMILES string of the molecule is CCCCCC1CCC(CCC(F)CC2CCCCC2)CC1. The third-order valence-corrected chi connectivity index (χ3v) is 6.38. The van der Waals surface area contributed by atoms with Crippen molar-refractivity contribution >= 4 is 0 Å². The monoisotopic (exact) mass is 310 g/mol. The quantitative estimate of drug-likeness (QED) is 0.388. The van der Waals surface area contributed by atoms with Crippen LogP contribution in [-0.2, 0) is 0 Å². The molecule has 0 saturated heterocycles. The van der Waals surface area contributed by atoms with Crippen LogP contribution in [0.25, 0.3) is 0 Å². The number of rotatable bonds is 9. The van der Waals surface area contributed by atoms with Crippen molar-refractivity contribution in [2.24, 2.45) is 17.8 Å². The molecule has 0 spiro atoms. The maximum Gasteiger partial charge on any atom is 0.100 e. The van der Waals surface area contributed by atoms with Crippen molar-refractivity contribution in [1.82, 2.24) is 0 Å². The molecule has 130 valence electrons. The van der Waals surface area contributed by atoms with Crippen molar-refractivity contribution in [1.29, 1.82) is 0 Å². The van der Waals surface area contributed by atoms with Gasteiger partial charge in [0.2, 0.25) is 0 Å². The topological polar surface area (TPSA) is 0 Å². The summed E-state index contributed by atoms with van der Waals surface area (Å²) in [4.78, 5) is 0. The first-order chi connectivity index (χ1) is 10.8. The lowest BCUT2D eigenvalue weighted by molar-refractivity contribution is 0.189. The zero-order valence-electron chi connectivity index (χ0n) is 15.0. The van der Waals surface area contributed by atoms with Crippen LogP contribution >= 0.6 is 0 Å². The van der Waals surface area contributed by atoms with Crippen LogP contribution in [0.1, 0.15) is 110 Å². The summed E-state index contributed by atoms with van der Waals surface area (Å²) >= 11 is 0. The minimum Gasteiger partial charge on any atom is -0.247 e. The Labute approximate surface area is 138 Å². The van der Waals surface area contributed by atoms with Crippen LogP contribution in [-0.4, -0.2) is 6.17 Å². The molecule has 0 aliphatic heterocycles. The van der Waals surface area contributed by atoms with Gasteiger partial charge in [0, 0.05) is 0 Å². The fourth-order valence-corrected chi connectivity index (χ4v) is 4.81. The summed E-state index contributed by atoms with van der Waals surface area (Å²) in [6, 6.07) is 0. The summed E-state index contributed by atoms with van der Waals surface area (Å²) in [7, 11) is 0. The first-order valence-electron chi connectivity index (χ1n) is 10.4. The highest BCUT2D eigenvalue weighted by molar-refractivity contribution is 4.75. The van der Waals surface area contributed by atoms with Crippen LogP contribution in [0.4, 0.5) is 4.39 Å². The second kappa shape index (κ2) is 10.7. The van der Waals surface area contributed by atoms with Gasteiger partial charge in [-0.05, 0) is 37.0 Å². The molecule has 1 unspecified atom stereocenters. The molecule has 0 aromatic heterocycles. The lowest BCUT2D eigenvalue weighted by Crippen LogP contribution is -2.17. The highest BCUT2D eigenvalue weighted by atomic mass is 19.1. The van der Waals surface area contributed by atoms with Crippen molar-refractivity contribution in [2.45, 2.75) is 116 Å². The zero-order chi connectivity index (χ0) is 15.6. The van der Waals surface area contributed by atoms with E-state index in [1.54, 1.807) is 0 Å². The Hall–Kier alpha value is -0.0700. The van der Waals surface area contributed by atoms with Gasteiger partial charge in [-0.2, -0.15) is 0 Å². The van der Waals surface area contributed by atoms with Crippen LogP contribution in [0.5, 0.6) is 0 Å². The third kappa shape index (κ3) is 7.01. The molecule has 0 amide bonds. The predicted octanol–water partition coefficient (Wildman–Crippen LogP) is 7.46. The average Bonchev–Trinajstić information content (AvgIpc) is 2.55. The molecule has 0 heterocycles. The maximum absolute atomic E-state index is 14.2. The molecular formula is C21H39F. The Morgan fingerprint density at radius 1 is 0.773 bits per heavy atom. The Balaban J connectivity index is 1.52. The molecule has 0 bridgehead atoms. The molecule has 0 aromatic carbocycles. The normalized spacial score (nSPS) is 28.6. The minimum absolute atomic E-state index is 0.509. The fraction of sp³-hybridized carbons (Fsp3) is 1.00. The van der Waals surface area contributed by atoms with E-state index in [1.807, 2.05) is 0 Å². The summed E-state index contributed by atoms with van der Waals surface area (Å²) < 4.78 is 14.2. The largest absolute Gasteiger partial charge is 0.247 e. The molecule has 0 nitrogen and oxygen atoms in total. The molecule has 0 N–H and O–H groups in total. The van der Waals surface area contributed by atoms with Gasteiger partial charge in [-0.25, -0.2) is 4.39 Å². The molecule has 1 atom stereocenters. The average molecular weight is 311 g/mol. The molecule has 1 heteroatoms. The molecule has 2 rings (SSSR count). The Morgan fingerprint density at radius 3 is 2.05 bits per heavy atom. The van der Waals surface area contributed by atoms with Crippen LogP contribution in [0.15, 0.2) is 0 Å². The number of hydrogen-bond acceptors (Lipinski definition) is 0. The van der Waals surface area contributed by atoms with E-state index >= 15 is 0 Å². The lowest BCUT2D eigenvalue weighted by atomic mass is 9.77. The van der Waals surface area contributed by atoms with Crippen molar-refractivity contribution in [3.05, 3.63) is 0 Å². The Morgan fingerprint density at radius 2 is 1.41 bits per heavy atom. The molecule has 0 aromatic rings. The van der Waals surface area contributed by atoms with E-state index in [1.165, 1.54) is 83.5 Å². The van der Waals surface area contributed by atoms with Crippen LogP contribution < -0.4 is 0 Å². The van der Waals surface area contributed by atoms with E-state index in [0.29, 0.717) is 5.92 Å². The van der Waals surface area contributed by atoms with Crippen LogP contribution in [0.2, 0.25) is 0 Å². The first kappa shape index (κ1) is 18.3. The summed E-state index contributed by atoms with van der Waals surface area (Å²) in [6.07, 6.45) is 20.3. The van der Waals surface area contributed by atoms with Crippen molar-refractivity contribution in [3.8, 4) is 0 Å². The molecule has 0 radical (unpaired) electrons. The van der Waals surface area contributed by atoms with Gasteiger partial charge in [0.05, 0.1) is 0 Å². The lowest BCUT2D eigenvalue weighted by Gasteiger charge is -2.29. The molecule has 2 aliphatic carbocycles. The minimum atomic E-state index is -0.509. The number of halogens is 1. The van der Waals surface area contributed by atoms with Crippen molar-refractivity contribution in [3.63, 3.8) is 0 Å². The highest BCUT2D eigenvalue weighted by Crippen LogP contribution is 2.35. The maximum atomic E-state index is 14.2. The zero-order valence-corrected chi connectivity index (χ0v) is 15.0. The van der Waals surface area contributed by atoms with Gasteiger partial charge < -0.3 is 0 Å². The third-order valence-electron chi connectivity index (χ3n) is 6.38. The van der Waals surface area contributed by atoms with Gasteiger partial charge in [0.25, 0.3) is 0 Å². The van der Waals surface area contributed by atoms with E-state index in [9.17, 15) is 4.39 Å². The Bertz CT molecular complexity index is 261. The van der Waals surface area contributed by atoms with Gasteiger partial charge in [-0.15, -0.1) is 0 Å². The molecule has 2 saturated carbocycles. The summed E-state index contributed by atoms with van der Waals surface area (Å²) in [6.45, 7) is 2.29. The second-order valence-electron chi connectivity index (χ2n) is 8.30. The molecular weight excluding hydrogens is 271 g/mol.